The van der Waals surface area contributed by atoms with Gasteiger partial charge in [0.1, 0.15) is 6.10 Å². The lowest BCUT2D eigenvalue weighted by atomic mass is 9.92. The van der Waals surface area contributed by atoms with Crippen molar-refractivity contribution in [3.05, 3.63) is 0 Å². The van der Waals surface area contributed by atoms with Crippen molar-refractivity contribution in [3.63, 3.8) is 0 Å². The van der Waals surface area contributed by atoms with Gasteiger partial charge in [-0.2, -0.15) is 0 Å². The lowest BCUT2D eigenvalue weighted by molar-refractivity contribution is -0.152. The Morgan fingerprint density at radius 2 is 0.879 bits per heavy atom. The molecule has 0 aromatic carbocycles. The molecule has 0 aliphatic carbocycles. The van der Waals surface area contributed by atoms with Gasteiger partial charge in [-0.1, -0.05) is 130 Å². The van der Waals surface area contributed by atoms with Crippen LogP contribution in [0.5, 0.6) is 0 Å². The van der Waals surface area contributed by atoms with Crippen LogP contribution in [-0.4, -0.2) is 93.3 Å². The number of aliphatic hydroxyl groups excluding tert-OH is 1. The fraction of sp³-hybridized carbons (Fsp3) is 0.915. The lowest BCUT2D eigenvalue weighted by Crippen LogP contribution is -2.22. The fourth-order valence-corrected chi connectivity index (χ4v) is 7.10. The van der Waals surface area contributed by atoms with E-state index in [2.05, 4.69) is 27.7 Å². The van der Waals surface area contributed by atoms with Crippen molar-refractivity contribution in [2.45, 2.75) is 220 Å². The average molecular weight is 828 g/mol. The summed E-state index contributed by atoms with van der Waals surface area (Å²) in [5.74, 6) is -0.256. The summed E-state index contributed by atoms with van der Waals surface area (Å²) in [6, 6.07) is 0. The molecule has 0 heterocycles. The molecule has 0 aromatic heterocycles. The number of nitrogens with zero attached hydrogens (tertiary/aromatic N) is 1. The predicted octanol–water partition coefficient (Wildman–Crippen LogP) is 10.7. The van der Waals surface area contributed by atoms with Crippen molar-refractivity contribution in [2.24, 2.45) is 11.8 Å². The number of hydrogen-bond donors (Lipinski definition) is 1. The first kappa shape index (κ1) is 55.8. The molecule has 0 amide bonds. The predicted molar refractivity (Wildman–Crippen MR) is 232 cm³/mol. The summed E-state index contributed by atoms with van der Waals surface area (Å²) in [6.07, 6.45) is 22.8. The number of esters is 4. The van der Waals surface area contributed by atoms with Gasteiger partial charge in [-0.3, -0.25) is 19.2 Å². The van der Waals surface area contributed by atoms with Crippen LogP contribution in [0.25, 0.3) is 0 Å². The molecule has 0 aliphatic rings. The lowest BCUT2D eigenvalue weighted by Gasteiger charge is -2.19. The van der Waals surface area contributed by atoms with Gasteiger partial charge in [0.25, 0.3) is 0 Å². The number of unbranched alkanes of at least 4 members (excludes halogenated alkanes) is 8. The highest BCUT2D eigenvalue weighted by Crippen LogP contribution is 2.23. The van der Waals surface area contributed by atoms with Crippen LogP contribution in [0.2, 0.25) is 0 Å². The second-order valence-corrected chi connectivity index (χ2v) is 16.6. The zero-order chi connectivity index (χ0) is 43.1. The van der Waals surface area contributed by atoms with Crippen LogP contribution < -0.4 is 0 Å². The summed E-state index contributed by atoms with van der Waals surface area (Å²) in [7, 11) is 3.91. The fourth-order valence-electron chi connectivity index (χ4n) is 7.10. The zero-order valence-electron chi connectivity index (χ0n) is 38.2. The summed E-state index contributed by atoms with van der Waals surface area (Å²) >= 11 is 0. The van der Waals surface area contributed by atoms with Crippen molar-refractivity contribution >= 4 is 23.9 Å². The third-order valence-corrected chi connectivity index (χ3v) is 10.8. The molecule has 0 bridgehead atoms. The molecule has 11 nitrogen and oxygen atoms in total. The number of rotatable bonds is 42. The Hall–Kier alpha value is -2.24. The van der Waals surface area contributed by atoms with Crippen molar-refractivity contribution in [2.75, 3.05) is 47.1 Å². The quantitative estimate of drug-likeness (QED) is 0.0272. The minimum atomic E-state index is -1.09. The number of ether oxygens (including phenoxy) is 5. The van der Waals surface area contributed by atoms with E-state index in [9.17, 15) is 24.3 Å². The second kappa shape index (κ2) is 40.2. The molecule has 1 N–H and O–H groups in total. The first-order valence-corrected chi connectivity index (χ1v) is 23.6. The number of aliphatic hydroxyl groups is 1. The van der Waals surface area contributed by atoms with Crippen LogP contribution in [0.3, 0.4) is 0 Å². The Kier molecular flexibility index (Phi) is 38.6. The maximum atomic E-state index is 12.6. The molecule has 0 aliphatic heterocycles. The minimum Gasteiger partial charge on any atom is -0.466 e. The van der Waals surface area contributed by atoms with E-state index in [-0.39, 0.29) is 56.8 Å². The Labute approximate surface area is 354 Å². The Balaban J connectivity index is 4.57. The van der Waals surface area contributed by atoms with E-state index in [4.69, 9.17) is 23.7 Å². The molecule has 2 unspecified atom stereocenters. The largest absolute Gasteiger partial charge is 0.466 e. The van der Waals surface area contributed by atoms with Gasteiger partial charge in [-0.25, -0.2) is 0 Å². The summed E-state index contributed by atoms with van der Waals surface area (Å²) in [4.78, 5) is 51.6. The number of carbonyl (C=O) groups is 4. The highest BCUT2D eigenvalue weighted by Gasteiger charge is 2.18. The number of carbonyl (C=O) groups excluding carboxylic acids is 4. The summed E-state index contributed by atoms with van der Waals surface area (Å²) in [5.41, 5.74) is 0. The minimum absolute atomic E-state index is 0.00576. The van der Waals surface area contributed by atoms with E-state index < -0.39 is 18.4 Å². The maximum absolute atomic E-state index is 12.6. The molecule has 2 atom stereocenters. The van der Waals surface area contributed by atoms with Gasteiger partial charge in [0, 0.05) is 19.4 Å². The average Bonchev–Trinajstić information content (AvgIpc) is 3.19. The van der Waals surface area contributed by atoms with Crippen LogP contribution in [-0.2, 0) is 42.9 Å². The van der Waals surface area contributed by atoms with Crippen molar-refractivity contribution < 1.29 is 48.0 Å². The standard InChI is InChI=1S/C47H89NO10/c1-7-11-15-22-40(23-16-12-8-2)33-38-56-45(51)31-29-43(49)54-36-20-26-42(58-47(53)28-19-35-48(5)6)27-21-37-55-44(50)30-32-46(52)57-39-34-41(24-17-13-9-3)25-18-14-10-4/h40-43,49H,7-39H2,1-6H3. The van der Waals surface area contributed by atoms with Crippen molar-refractivity contribution in [3.8, 4) is 0 Å². The molecular weight excluding hydrogens is 739 g/mol. The van der Waals surface area contributed by atoms with E-state index in [1.807, 2.05) is 19.0 Å². The van der Waals surface area contributed by atoms with Gasteiger partial charge < -0.3 is 33.7 Å². The third kappa shape index (κ3) is 36.8. The molecule has 0 aromatic rings. The molecule has 0 fully saturated rings. The molecule has 58 heavy (non-hydrogen) atoms. The normalized spacial score (nSPS) is 12.6. The van der Waals surface area contributed by atoms with E-state index in [0.29, 0.717) is 63.6 Å². The first-order chi connectivity index (χ1) is 28.0. The van der Waals surface area contributed by atoms with Crippen molar-refractivity contribution in [1.82, 2.24) is 4.90 Å². The highest BCUT2D eigenvalue weighted by atomic mass is 16.6. The molecular formula is C47H89NO10. The monoisotopic (exact) mass is 828 g/mol. The summed E-state index contributed by atoms with van der Waals surface area (Å²) in [5, 5.41) is 10.3. The molecule has 0 radical (unpaired) electrons. The molecule has 11 heteroatoms. The van der Waals surface area contributed by atoms with E-state index >= 15 is 0 Å². The van der Waals surface area contributed by atoms with Gasteiger partial charge in [0.15, 0.2) is 6.29 Å². The van der Waals surface area contributed by atoms with Crippen LogP contribution in [0.1, 0.15) is 207 Å². The zero-order valence-corrected chi connectivity index (χ0v) is 38.2. The van der Waals surface area contributed by atoms with E-state index in [1.165, 1.54) is 103 Å². The Bertz CT molecular complexity index is 973. The van der Waals surface area contributed by atoms with Crippen LogP contribution >= 0.6 is 0 Å². The SMILES string of the molecule is CCCCCC(CCCCC)CCOC(=O)CCC(=O)OCCCC(CCCOC(O)CCC(=O)OCCC(CCCCC)CCCCC)OC(=O)CCCN(C)C. The van der Waals surface area contributed by atoms with Crippen LogP contribution in [0.15, 0.2) is 0 Å². The van der Waals surface area contributed by atoms with Crippen LogP contribution in [0.4, 0.5) is 0 Å². The topological polar surface area (TPSA) is 138 Å². The van der Waals surface area contributed by atoms with E-state index in [1.54, 1.807) is 0 Å². The molecule has 0 rings (SSSR count). The first-order valence-electron chi connectivity index (χ1n) is 23.6. The number of hydrogen-bond acceptors (Lipinski definition) is 11. The second-order valence-electron chi connectivity index (χ2n) is 16.6. The Morgan fingerprint density at radius 3 is 1.33 bits per heavy atom. The molecule has 0 saturated carbocycles. The molecule has 0 saturated heterocycles. The summed E-state index contributed by atoms with van der Waals surface area (Å²) in [6.45, 7) is 10.8. The Morgan fingerprint density at radius 1 is 0.448 bits per heavy atom. The van der Waals surface area contributed by atoms with Gasteiger partial charge in [0.05, 0.1) is 39.1 Å². The van der Waals surface area contributed by atoms with Gasteiger partial charge in [0.2, 0.25) is 0 Å². The van der Waals surface area contributed by atoms with Gasteiger partial charge in [-0.15, -0.1) is 0 Å². The van der Waals surface area contributed by atoms with Crippen molar-refractivity contribution in [1.29, 1.82) is 0 Å². The smallest absolute Gasteiger partial charge is 0.306 e. The highest BCUT2D eigenvalue weighted by molar-refractivity contribution is 5.77. The molecule has 342 valence electrons. The van der Waals surface area contributed by atoms with Gasteiger partial charge >= 0.3 is 23.9 Å². The summed E-state index contributed by atoms with van der Waals surface area (Å²) < 4.78 is 27.7. The third-order valence-electron chi connectivity index (χ3n) is 10.8. The van der Waals surface area contributed by atoms with E-state index in [0.717, 1.165) is 19.4 Å². The maximum Gasteiger partial charge on any atom is 0.306 e. The van der Waals surface area contributed by atoms with Crippen LogP contribution in [0, 0.1) is 11.8 Å². The van der Waals surface area contributed by atoms with Gasteiger partial charge in [-0.05, 0) is 77.4 Å². The molecule has 0 spiro atoms.